The van der Waals surface area contributed by atoms with Crippen LogP contribution in [0.3, 0.4) is 0 Å². The van der Waals surface area contributed by atoms with Crippen LogP contribution in [-0.2, 0) is 0 Å². The molecule has 0 aliphatic carbocycles. The smallest absolute Gasteiger partial charge is 0.0999 e. The van der Waals surface area contributed by atoms with Crippen molar-refractivity contribution in [2.45, 2.75) is 0 Å². The minimum absolute atomic E-state index is 0.424. The fraction of sp³-hybridized carbons (Fsp3) is 0. The number of nitriles is 5. The summed E-state index contributed by atoms with van der Waals surface area (Å²) in [7, 11) is 0. The lowest BCUT2D eigenvalue weighted by Crippen LogP contribution is -2.04. The van der Waals surface area contributed by atoms with Crippen LogP contribution >= 0.6 is 0 Å². The van der Waals surface area contributed by atoms with Crippen molar-refractivity contribution < 1.29 is 0 Å². The van der Waals surface area contributed by atoms with Crippen molar-refractivity contribution in [3.8, 4) is 97.5 Å². The lowest BCUT2D eigenvalue weighted by atomic mass is 9.96. The Hall–Kier alpha value is -10.8. The highest BCUT2D eigenvalue weighted by Gasteiger charge is 2.25. The van der Waals surface area contributed by atoms with Crippen LogP contribution in [-0.4, -0.2) is 14.1 Å². The van der Waals surface area contributed by atoms with Gasteiger partial charge in [-0.05, 0) is 142 Å². The number of fused-ring (bicyclic) bond motifs is 6. The fourth-order valence-electron chi connectivity index (χ4n) is 10.4. The molecule has 0 aliphatic rings. The first-order chi connectivity index (χ1) is 35.5. The molecule has 0 N–H and O–H groups in total. The Morgan fingerprint density at radius 1 is 0.306 bits per heavy atom. The minimum atomic E-state index is 0.424. The third kappa shape index (κ3) is 6.76. The lowest BCUT2D eigenvalue weighted by molar-refractivity contribution is 1.13. The Morgan fingerprint density at radius 2 is 0.625 bits per heavy atom. The van der Waals surface area contributed by atoms with Gasteiger partial charge in [-0.2, -0.15) is 26.3 Å². The van der Waals surface area contributed by atoms with Gasteiger partial charge >= 0.3 is 0 Å². The van der Waals surface area contributed by atoms with Gasteiger partial charge in [-0.15, -0.1) is 0 Å². The van der Waals surface area contributed by atoms with Crippen LogP contribution in [0, 0.1) is 56.7 Å². The fourth-order valence-corrected chi connectivity index (χ4v) is 10.4. The van der Waals surface area contributed by atoms with E-state index >= 15 is 0 Å². The number of benzene rings is 9. The molecule has 9 aromatic carbocycles. The van der Waals surface area contributed by atoms with E-state index in [2.05, 4.69) is 88.0 Å². The Bertz CT molecular complexity index is 4250. The van der Waals surface area contributed by atoms with E-state index in [9.17, 15) is 26.3 Å². The van der Waals surface area contributed by atoms with E-state index in [-0.39, 0.29) is 0 Å². The zero-order valence-corrected chi connectivity index (χ0v) is 38.2. The predicted octanol–water partition coefficient (Wildman–Crippen LogP) is 15.0. The SMILES string of the molecule is N#Cc1ccccc1-c1ccc2c(c1)c1cc(-c3ccccc3C#N)ccc1n2-c1cccnc1-c1c(C#N)cccc1-n1c2ccc(-c3ccccc3C#N)cc2c2cc(-c3ccccc3C#N)ccc21. The maximum absolute atomic E-state index is 11.1. The lowest BCUT2D eigenvalue weighted by Gasteiger charge is -2.19. The number of aromatic nitrogens is 3. The molecule has 0 aliphatic heterocycles. The van der Waals surface area contributed by atoms with Crippen molar-refractivity contribution in [3.63, 3.8) is 0 Å². The second-order valence-electron chi connectivity index (χ2n) is 17.4. The van der Waals surface area contributed by atoms with Gasteiger partial charge in [-0.1, -0.05) is 103 Å². The molecule has 0 spiro atoms. The van der Waals surface area contributed by atoms with Crippen LogP contribution in [0.5, 0.6) is 0 Å². The molecule has 0 fully saturated rings. The van der Waals surface area contributed by atoms with Gasteiger partial charge in [0, 0.05) is 33.3 Å². The molecule has 3 heterocycles. The molecule has 8 heteroatoms. The molecule has 330 valence electrons. The molecule has 0 saturated carbocycles. The van der Waals surface area contributed by atoms with Crippen molar-refractivity contribution in [2.24, 2.45) is 0 Å². The van der Waals surface area contributed by atoms with Crippen LogP contribution in [0.4, 0.5) is 0 Å². The third-order valence-corrected chi connectivity index (χ3v) is 13.6. The standard InChI is InChI=1S/C64H34N8/c65-35-44-11-1-5-16-49(44)40-22-26-57-53(31-40)54-32-41(50-17-6-2-12-45(50)36-66)23-27-58(54)71(57)61-20-9-15-48(39-69)63(61)64-62(21-10-30-70-64)72-59-28-24-42(51-18-7-3-13-46(51)37-67)33-55(59)56-34-43(25-29-60(56)72)52-19-8-4-14-47(52)38-68/h1-34H. The first-order valence-electron chi connectivity index (χ1n) is 23.2. The third-order valence-electron chi connectivity index (χ3n) is 13.6. The van der Waals surface area contributed by atoms with Crippen LogP contribution in [0.25, 0.3) is 111 Å². The van der Waals surface area contributed by atoms with Crippen molar-refractivity contribution >= 4 is 43.6 Å². The summed E-state index contributed by atoms with van der Waals surface area (Å²) in [5.74, 6) is 0. The zero-order chi connectivity index (χ0) is 48.9. The second kappa shape index (κ2) is 17.4. The summed E-state index contributed by atoms with van der Waals surface area (Å²) in [6.07, 6.45) is 1.75. The van der Waals surface area contributed by atoms with E-state index in [0.717, 1.165) is 99.5 Å². The average Bonchev–Trinajstić information content (AvgIpc) is 3.95. The van der Waals surface area contributed by atoms with E-state index in [1.807, 2.05) is 152 Å². The summed E-state index contributed by atoms with van der Waals surface area (Å²) in [5, 5.41) is 55.4. The van der Waals surface area contributed by atoms with E-state index in [4.69, 9.17) is 4.98 Å². The predicted molar refractivity (Wildman–Crippen MR) is 284 cm³/mol. The molecule has 72 heavy (non-hydrogen) atoms. The Kier molecular flexibility index (Phi) is 10.3. The summed E-state index contributed by atoms with van der Waals surface area (Å²) in [6.45, 7) is 0. The van der Waals surface area contributed by atoms with Gasteiger partial charge in [0.05, 0.1) is 97.3 Å². The van der Waals surface area contributed by atoms with E-state index < -0.39 is 0 Å². The largest absolute Gasteiger partial charge is 0.309 e. The Balaban J connectivity index is 1.14. The van der Waals surface area contributed by atoms with Crippen LogP contribution in [0.15, 0.2) is 206 Å². The Morgan fingerprint density at radius 3 is 0.986 bits per heavy atom. The van der Waals surface area contributed by atoms with Crippen LogP contribution < -0.4 is 0 Å². The number of hydrogen-bond acceptors (Lipinski definition) is 6. The first kappa shape index (κ1) is 42.5. The quantitative estimate of drug-likeness (QED) is 0.156. The summed E-state index contributed by atoms with van der Waals surface area (Å²) in [4.78, 5) is 5.16. The number of nitrogens with zero attached hydrogens (tertiary/aromatic N) is 8. The molecular weight excluding hydrogens is 881 g/mol. The van der Waals surface area contributed by atoms with Crippen molar-refractivity contribution in [2.75, 3.05) is 0 Å². The Labute approximate surface area is 413 Å². The molecule has 12 rings (SSSR count). The number of rotatable bonds is 7. The van der Waals surface area contributed by atoms with Gasteiger partial charge in [0.25, 0.3) is 0 Å². The molecule has 3 aromatic heterocycles. The monoisotopic (exact) mass is 914 g/mol. The molecule has 0 amide bonds. The van der Waals surface area contributed by atoms with Gasteiger partial charge in [0.1, 0.15) is 0 Å². The number of hydrogen-bond donors (Lipinski definition) is 0. The first-order valence-corrected chi connectivity index (χ1v) is 23.2. The normalized spacial score (nSPS) is 11.0. The topological polar surface area (TPSA) is 142 Å². The highest BCUT2D eigenvalue weighted by molar-refractivity contribution is 6.14. The van der Waals surface area contributed by atoms with Crippen molar-refractivity contribution in [3.05, 3.63) is 234 Å². The average molecular weight is 915 g/mol. The van der Waals surface area contributed by atoms with E-state index in [0.29, 0.717) is 39.1 Å². The second-order valence-corrected chi connectivity index (χ2v) is 17.4. The molecular formula is C64H34N8. The highest BCUT2D eigenvalue weighted by atomic mass is 15.0. The van der Waals surface area contributed by atoms with Gasteiger partial charge in [-0.3, -0.25) is 4.98 Å². The van der Waals surface area contributed by atoms with Crippen molar-refractivity contribution in [1.29, 1.82) is 26.3 Å². The summed E-state index contributed by atoms with van der Waals surface area (Å²) >= 11 is 0. The van der Waals surface area contributed by atoms with Crippen LogP contribution in [0.1, 0.15) is 27.8 Å². The molecule has 0 radical (unpaired) electrons. The zero-order valence-electron chi connectivity index (χ0n) is 38.2. The molecule has 12 aromatic rings. The number of pyridine rings is 1. The van der Waals surface area contributed by atoms with Gasteiger partial charge < -0.3 is 9.13 Å². The van der Waals surface area contributed by atoms with E-state index in [1.165, 1.54) is 0 Å². The maximum atomic E-state index is 11.1. The molecule has 0 unspecified atom stereocenters. The molecule has 0 bridgehead atoms. The minimum Gasteiger partial charge on any atom is -0.309 e. The maximum Gasteiger partial charge on any atom is 0.0999 e. The highest BCUT2D eigenvalue weighted by Crippen LogP contribution is 2.44. The van der Waals surface area contributed by atoms with Gasteiger partial charge in [-0.25, -0.2) is 0 Å². The van der Waals surface area contributed by atoms with E-state index in [1.54, 1.807) is 6.20 Å². The summed E-state index contributed by atoms with van der Waals surface area (Å²) in [6, 6.07) is 76.9. The molecule has 0 atom stereocenters. The van der Waals surface area contributed by atoms with Gasteiger partial charge in [0.15, 0.2) is 0 Å². The van der Waals surface area contributed by atoms with Gasteiger partial charge in [0.2, 0.25) is 0 Å². The summed E-state index contributed by atoms with van der Waals surface area (Å²) in [5.41, 5.74) is 15.6. The van der Waals surface area contributed by atoms with Crippen LogP contribution in [0.2, 0.25) is 0 Å². The summed E-state index contributed by atoms with van der Waals surface area (Å²) < 4.78 is 4.37. The molecule has 8 nitrogen and oxygen atoms in total. The molecule has 0 saturated heterocycles. The van der Waals surface area contributed by atoms with Crippen molar-refractivity contribution in [1.82, 2.24) is 14.1 Å².